The third-order valence-electron chi connectivity index (χ3n) is 14.8. The van der Waals surface area contributed by atoms with Crippen LogP contribution in [0.3, 0.4) is 0 Å². The van der Waals surface area contributed by atoms with Gasteiger partial charge in [-0.2, -0.15) is 0 Å². The van der Waals surface area contributed by atoms with Crippen LogP contribution >= 0.6 is 0 Å². The Morgan fingerprint density at radius 3 is 0.714 bits per heavy atom. The fourth-order valence-electron chi connectivity index (χ4n) is 11.8. The summed E-state index contributed by atoms with van der Waals surface area (Å²) >= 11 is 0. The Morgan fingerprint density at radius 2 is 0.429 bits per heavy atom. The van der Waals surface area contributed by atoms with E-state index in [9.17, 15) is 0 Å². The van der Waals surface area contributed by atoms with E-state index in [0.29, 0.717) is 0 Å². The van der Waals surface area contributed by atoms with Gasteiger partial charge >= 0.3 is 0 Å². The van der Waals surface area contributed by atoms with Crippen molar-refractivity contribution in [2.75, 3.05) is 0 Å². The number of nitrogens with zero attached hydrogens (tertiary/aromatic N) is 2. The zero-order valence-corrected chi connectivity index (χ0v) is 38.6. The van der Waals surface area contributed by atoms with Crippen molar-refractivity contribution < 1.29 is 0 Å². The molecule has 70 heavy (non-hydrogen) atoms. The van der Waals surface area contributed by atoms with Crippen molar-refractivity contribution in [2.45, 2.75) is 10.8 Å². The van der Waals surface area contributed by atoms with E-state index in [1.165, 1.54) is 88.1 Å². The average molecular weight is 893 g/mol. The number of rotatable bonds is 10. The second-order valence-electron chi connectivity index (χ2n) is 18.4. The highest BCUT2D eigenvalue weighted by molar-refractivity contribution is 6.11. The predicted octanol–water partition coefficient (Wildman–Crippen LogP) is 16.6. The molecule has 0 saturated heterocycles. The van der Waals surface area contributed by atoms with E-state index in [-0.39, 0.29) is 0 Å². The Bertz CT molecular complexity index is 3490. The Kier molecular flexibility index (Phi) is 9.99. The molecule has 13 aromatic rings. The molecule has 0 radical (unpaired) electrons. The van der Waals surface area contributed by atoms with Gasteiger partial charge in [0.05, 0.1) is 32.9 Å². The van der Waals surface area contributed by atoms with Crippen LogP contribution in [0.4, 0.5) is 0 Å². The molecular weight excluding hydrogens is 845 g/mol. The van der Waals surface area contributed by atoms with E-state index < -0.39 is 10.8 Å². The lowest BCUT2D eigenvalue weighted by atomic mass is 9.65. The van der Waals surface area contributed by atoms with E-state index in [1.807, 2.05) is 0 Å². The first-order valence-corrected chi connectivity index (χ1v) is 24.3. The number of para-hydroxylation sites is 2. The Morgan fingerprint density at radius 1 is 0.186 bits per heavy atom. The zero-order valence-electron chi connectivity index (χ0n) is 38.6. The summed E-state index contributed by atoms with van der Waals surface area (Å²) in [6, 6.07) is 107. The van der Waals surface area contributed by atoms with Gasteiger partial charge in [-0.1, -0.05) is 231 Å². The molecule has 0 aliphatic carbocycles. The lowest BCUT2D eigenvalue weighted by molar-refractivity contribution is 0.746. The van der Waals surface area contributed by atoms with Crippen LogP contribution in [0, 0.1) is 0 Å². The van der Waals surface area contributed by atoms with Crippen LogP contribution in [-0.2, 0) is 10.8 Å². The van der Waals surface area contributed by atoms with Gasteiger partial charge in [0.15, 0.2) is 0 Å². The third kappa shape index (κ3) is 6.34. The van der Waals surface area contributed by atoms with E-state index >= 15 is 0 Å². The largest absolute Gasteiger partial charge is 0.309 e. The van der Waals surface area contributed by atoms with Crippen molar-refractivity contribution in [3.05, 3.63) is 336 Å². The molecular formula is C68H48N2. The molecule has 0 bridgehead atoms. The fraction of sp³-hybridized carbons (Fsp3) is 0.0294. The SMILES string of the molecule is c1ccc(C(c2ccccc2)(c2ccccc2)c2ccc3c(c2)c2ccccc2n3-c2ccc(-n3c4ccccc4c4cc(C(c5ccccc5)(c5ccccc5)c5ccccc5)ccc43)cc2)cc1. The molecule has 2 aromatic heterocycles. The maximum Gasteiger partial charge on any atom is 0.0701 e. The highest BCUT2D eigenvalue weighted by atomic mass is 15.0. The highest BCUT2D eigenvalue weighted by Crippen LogP contribution is 2.49. The van der Waals surface area contributed by atoms with Crippen LogP contribution in [0.15, 0.2) is 291 Å². The maximum absolute atomic E-state index is 2.45. The molecule has 0 amide bonds. The second kappa shape index (κ2) is 17.0. The van der Waals surface area contributed by atoms with E-state index in [2.05, 4.69) is 300 Å². The number of hydrogen-bond acceptors (Lipinski definition) is 0. The molecule has 0 aliphatic heterocycles. The highest BCUT2D eigenvalue weighted by Gasteiger charge is 2.40. The molecule has 0 atom stereocenters. The first kappa shape index (κ1) is 41.2. The third-order valence-corrected chi connectivity index (χ3v) is 14.8. The van der Waals surface area contributed by atoms with Crippen LogP contribution in [0.5, 0.6) is 0 Å². The summed E-state index contributed by atoms with van der Waals surface area (Å²) in [6.07, 6.45) is 0. The van der Waals surface area contributed by atoms with Gasteiger partial charge in [0.1, 0.15) is 0 Å². The van der Waals surface area contributed by atoms with Gasteiger partial charge in [0.25, 0.3) is 0 Å². The number of fused-ring (bicyclic) bond motifs is 6. The molecule has 2 heterocycles. The van der Waals surface area contributed by atoms with Gasteiger partial charge in [-0.3, -0.25) is 0 Å². The summed E-state index contributed by atoms with van der Waals surface area (Å²) in [7, 11) is 0. The first-order chi connectivity index (χ1) is 34.7. The summed E-state index contributed by atoms with van der Waals surface area (Å²) in [5, 5.41) is 4.89. The van der Waals surface area contributed by atoms with Crippen LogP contribution in [-0.4, -0.2) is 9.13 Å². The average Bonchev–Trinajstić information content (AvgIpc) is 3.96. The van der Waals surface area contributed by atoms with E-state index in [1.54, 1.807) is 0 Å². The minimum absolute atomic E-state index is 0.544. The number of hydrogen-bond donors (Lipinski definition) is 0. The molecule has 13 rings (SSSR count). The number of aromatic nitrogens is 2. The molecule has 0 aliphatic rings. The summed E-state index contributed by atoms with van der Waals surface area (Å²) in [4.78, 5) is 0. The zero-order chi connectivity index (χ0) is 46.5. The molecule has 0 fully saturated rings. The van der Waals surface area contributed by atoms with Crippen molar-refractivity contribution in [3.63, 3.8) is 0 Å². The summed E-state index contributed by atoms with van der Waals surface area (Å²) in [6.45, 7) is 0. The van der Waals surface area contributed by atoms with Crippen molar-refractivity contribution in [1.82, 2.24) is 9.13 Å². The Labute approximate surface area is 408 Å². The molecule has 2 heteroatoms. The standard InChI is InChI=1S/C68H48N2/c1-7-23-49(24-8-1)67(50-25-9-2-10-26-50,51-27-11-3-12-28-51)55-39-45-65-61(47-55)59-35-19-21-37-63(59)69(65)57-41-43-58(44-42-57)70-64-38-22-20-36-60(64)62-48-56(40-46-66(62)70)68(52-29-13-4-14-30-52,53-31-15-5-16-32-53)54-33-17-6-18-34-54/h1-48H. The lowest BCUT2D eigenvalue weighted by Gasteiger charge is -2.37. The van der Waals surface area contributed by atoms with Gasteiger partial charge in [0.2, 0.25) is 0 Å². The van der Waals surface area contributed by atoms with E-state index in [0.717, 1.165) is 11.4 Å². The molecule has 0 unspecified atom stereocenters. The van der Waals surface area contributed by atoms with Crippen LogP contribution < -0.4 is 0 Å². The quantitative estimate of drug-likeness (QED) is 0.121. The normalized spacial score (nSPS) is 12.0. The van der Waals surface area contributed by atoms with Crippen LogP contribution in [0.1, 0.15) is 44.5 Å². The monoisotopic (exact) mass is 892 g/mol. The molecule has 0 N–H and O–H groups in total. The summed E-state index contributed by atoms with van der Waals surface area (Å²) < 4.78 is 4.86. The molecule has 0 spiro atoms. The predicted molar refractivity (Wildman–Crippen MR) is 292 cm³/mol. The Balaban J connectivity index is 0.971. The molecule has 330 valence electrons. The summed E-state index contributed by atoms with van der Waals surface area (Å²) in [5.74, 6) is 0. The van der Waals surface area contributed by atoms with E-state index in [4.69, 9.17) is 0 Å². The molecule has 0 saturated carbocycles. The molecule has 11 aromatic carbocycles. The van der Waals surface area contributed by atoms with Gasteiger partial charge in [-0.05, 0) is 105 Å². The van der Waals surface area contributed by atoms with Gasteiger partial charge in [-0.15, -0.1) is 0 Å². The van der Waals surface area contributed by atoms with Gasteiger partial charge in [-0.25, -0.2) is 0 Å². The topological polar surface area (TPSA) is 9.86 Å². The van der Waals surface area contributed by atoms with Gasteiger partial charge < -0.3 is 9.13 Å². The second-order valence-corrected chi connectivity index (χ2v) is 18.4. The Hall–Kier alpha value is -8.98. The number of benzene rings is 11. The van der Waals surface area contributed by atoms with Crippen molar-refractivity contribution in [3.8, 4) is 11.4 Å². The van der Waals surface area contributed by atoms with Crippen molar-refractivity contribution in [2.24, 2.45) is 0 Å². The first-order valence-electron chi connectivity index (χ1n) is 24.3. The minimum Gasteiger partial charge on any atom is -0.309 e. The fourth-order valence-corrected chi connectivity index (χ4v) is 11.8. The van der Waals surface area contributed by atoms with Crippen LogP contribution in [0.25, 0.3) is 55.0 Å². The lowest BCUT2D eigenvalue weighted by Crippen LogP contribution is -2.30. The molecule has 2 nitrogen and oxygen atoms in total. The maximum atomic E-state index is 2.45. The smallest absolute Gasteiger partial charge is 0.0701 e. The van der Waals surface area contributed by atoms with Crippen molar-refractivity contribution in [1.29, 1.82) is 0 Å². The van der Waals surface area contributed by atoms with Gasteiger partial charge in [0, 0.05) is 32.9 Å². The minimum atomic E-state index is -0.544. The summed E-state index contributed by atoms with van der Waals surface area (Å²) in [5.41, 5.74) is 15.7. The van der Waals surface area contributed by atoms with Crippen molar-refractivity contribution >= 4 is 43.6 Å². The van der Waals surface area contributed by atoms with Crippen LogP contribution in [0.2, 0.25) is 0 Å².